The summed E-state index contributed by atoms with van der Waals surface area (Å²) in [7, 11) is 0. The van der Waals surface area contributed by atoms with Crippen LogP contribution in [0.15, 0.2) is 42.6 Å². The fourth-order valence-corrected chi connectivity index (χ4v) is 1.45. The van der Waals surface area contributed by atoms with Gasteiger partial charge >= 0.3 is 5.69 Å². The van der Waals surface area contributed by atoms with E-state index >= 15 is 0 Å². The molecule has 0 radical (unpaired) electrons. The van der Waals surface area contributed by atoms with Crippen molar-refractivity contribution in [1.82, 2.24) is 4.98 Å². The van der Waals surface area contributed by atoms with Crippen molar-refractivity contribution < 1.29 is 4.92 Å². The number of nitrogens with zero attached hydrogens (tertiary/aromatic N) is 3. The summed E-state index contributed by atoms with van der Waals surface area (Å²) < 4.78 is 0. The highest BCUT2D eigenvalue weighted by atomic mass is 16.6. The van der Waals surface area contributed by atoms with Gasteiger partial charge in [-0.1, -0.05) is 30.3 Å². The van der Waals surface area contributed by atoms with Gasteiger partial charge in [0.2, 0.25) is 0 Å². The second-order valence-electron chi connectivity index (χ2n) is 3.32. The zero-order chi connectivity index (χ0) is 12.3. The highest BCUT2D eigenvalue weighted by Gasteiger charge is 2.15. The van der Waals surface area contributed by atoms with Crippen LogP contribution >= 0.6 is 0 Å². The number of pyridine rings is 1. The van der Waals surface area contributed by atoms with Crippen molar-refractivity contribution in [3.05, 3.63) is 58.3 Å². The summed E-state index contributed by atoms with van der Waals surface area (Å²) in [6, 6.07) is 12.4. The van der Waals surface area contributed by atoms with Gasteiger partial charge in [0.15, 0.2) is 0 Å². The van der Waals surface area contributed by atoms with Crippen molar-refractivity contribution in [2.75, 3.05) is 0 Å². The van der Waals surface area contributed by atoms with E-state index in [4.69, 9.17) is 5.26 Å². The topological polar surface area (TPSA) is 79.8 Å². The van der Waals surface area contributed by atoms with E-state index in [0.29, 0.717) is 5.69 Å². The molecule has 0 atom stereocenters. The van der Waals surface area contributed by atoms with Gasteiger partial charge < -0.3 is 0 Å². The summed E-state index contributed by atoms with van der Waals surface area (Å²) in [6.45, 7) is 0. The third-order valence-corrected chi connectivity index (χ3v) is 2.27. The molecule has 2 aromatic rings. The molecule has 1 aromatic heterocycles. The maximum atomic E-state index is 10.6. The second kappa shape index (κ2) is 4.41. The Hall–Kier alpha value is -2.74. The molecule has 0 amide bonds. The third-order valence-electron chi connectivity index (χ3n) is 2.27. The van der Waals surface area contributed by atoms with Gasteiger partial charge in [0, 0.05) is 5.56 Å². The smallest absolute Gasteiger partial charge is 0.258 e. The first-order valence-corrected chi connectivity index (χ1v) is 4.82. The van der Waals surface area contributed by atoms with E-state index in [0.717, 1.165) is 11.8 Å². The molecule has 0 aliphatic carbocycles. The summed E-state index contributed by atoms with van der Waals surface area (Å²) in [4.78, 5) is 14.0. The summed E-state index contributed by atoms with van der Waals surface area (Å²) in [5.41, 5.74) is 1.11. The fourth-order valence-electron chi connectivity index (χ4n) is 1.45. The minimum absolute atomic E-state index is 0.0175. The van der Waals surface area contributed by atoms with Gasteiger partial charge in [0.05, 0.1) is 10.6 Å². The summed E-state index contributed by atoms with van der Waals surface area (Å²) in [5, 5.41) is 19.5. The lowest BCUT2D eigenvalue weighted by Crippen LogP contribution is -1.95. The molecule has 1 aromatic carbocycles. The van der Waals surface area contributed by atoms with Crippen LogP contribution in [0.3, 0.4) is 0 Å². The maximum Gasteiger partial charge on any atom is 0.305 e. The second-order valence-corrected chi connectivity index (χ2v) is 3.32. The number of hydrogen-bond donors (Lipinski definition) is 0. The van der Waals surface area contributed by atoms with Crippen molar-refractivity contribution in [2.24, 2.45) is 0 Å². The van der Waals surface area contributed by atoms with Gasteiger partial charge in [-0.15, -0.1) is 0 Å². The standard InChI is InChI=1S/C12H7N3O2/c13-7-10-6-11(9-4-2-1-3-5-9)14-8-12(10)15(16)17/h1-6,8H. The monoisotopic (exact) mass is 225 g/mol. The molecule has 0 fully saturated rings. The summed E-state index contributed by atoms with van der Waals surface area (Å²) in [5.74, 6) is 0. The van der Waals surface area contributed by atoms with Crippen molar-refractivity contribution in [2.45, 2.75) is 0 Å². The lowest BCUT2D eigenvalue weighted by Gasteiger charge is -2.00. The molecule has 82 valence electrons. The molecule has 1 heterocycles. The minimum atomic E-state index is -0.611. The maximum absolute atomic E-state index is 10.6. The lowest BCUT2D eigenvalue weighted by molar-refractivity contribution is -0.385. The number of nitriles is 1. The van der Waals surface area contributed by atoms with Crippen LogP contribution in [-0.4, -0.2) is 9.91 Å². The number of rotatable bonds is 2. The minimum Gasteiger partial charge on any atom is -0.258 e. The quantitative estimate of drug-likeness (QED) is 0.581. The largest absolute Gasteiger partial charge is 0.305 e. The predicted molar refractivity (Wildman–Crippen MR) is 61.0 cm³/mol. The number of benzene rings is 1. The van der Waals surface area contributed by atoms with Crippen LogP contribution in [0.5, 0.6) is 0 Å². The first kappa shape index (κ1) is 10.8. The third kappa shape index (κ3) is 2.11. The Morgan fingerprint density at radius 3 is 2.59 bits per heavy atom. The SMILES string of the molecule is N#Cc1cc(-c2ccccc2)ncc1[N+](=O)[O-]. The summed E-state index contributed by atoms with van der Waals surface area (Å²) >= 11 is 0. The zero-order valence-electron chi connectivity index (χ0n) is 8.70. The Morgan fingerprint density at radius 2 is 2.00 bits per heavy atom. The highest BCUT2D eigenvalue weighted by Crippen LogP contribution is 2.23. The van der Waals surface area contributed by atoms with E-state index in [-0.39, 0.29) is 11.3 Å². The molecule has 5 heteroatoms. The van der Waals surface area contributed by atoms with Crippen LogP contribution in [-0.2, 0) is 0 Å². The molecule has 0 aliphatic rings. The predicted octanol–water partition coefficient (Wildman–Crippen LogP) is 2.53. The van der Waals surface area contributed by atoms with Crippen LogP contribution in [0.2, 0.25) is 0 Å². The Labute approximate surface area is 97.1 Å². The summed E-state index contributed by atoms with van der Waals surface area (Å²) in [6.07, 6.45) is 1.11. The Balaban J connectivity index is 2.54. The van der Waals surface area contributed by atoms with Crippen molar-refractivity contribution in [3.63, 3.8) is 0 Å². The molecule has 0 saturated carbocycles. The van der Waals surface area contributed by atoms with Crippen molar-refractivity contribution in [1.29, 1.82) is 5.26 Å². The molecule has 0 aliphatic heterocycles. The van der Waals surface area contributed by atoms with Crippen LogP contribution in [0.25, 0.3) is 11.3 Å². The normalized spacial score (nSPS) is 9.59. The molecule has 0 spiro atoms. The van der Waals surface area contributed by atoms with E-state index in [2.05, 4.69) is 4.98 Å². The van der Waals surface area contributed by atoms with E-state index in [1.807, 2.05) is 30.3 Å². The first-order chi connectivity index (χ1) is 8.22. The Bertz CT molecular complexity index is 603. The molecule has 2 rings (SSSR count). The molecule has 5 nitrogen and oxygen atoms in total. The van der Waals surface area contributed by atoms with Crippen LogP contribution in [0, 0.1) is 21.4 Å². The first-order valence-electron chi connectivity index (χ1n) is 4.82. The van der Waals surface area contributed by atoms with Gasteiger partial charge in [-0.3, -0.25) is 10.1 Å². The Kier molecular flexibility index (Phi) is 2.79. The van der Waals surface area contributed by atoms with Crippen LogP contribution < -0.4 is 0 Å². The van der Waals surface area contributed by atoms with Gasteiger partial charge in [-0.25, -0.2) is 4.98 Å². The number of aromatic nitrogens is 1. The van der Waals surface area contributed by atoms with Crippen LogP contribution in [0.1, 0.15) is 5.56 Å². The fraction of sp³-hybridized carbons (Fsp3) is 0. The van der Waals surface area contributed by atoms with E-state index in [1.165, 1.54) is 6.07 Å². The molecule has 0 N–H and O–H groups in total. The average molecular weight is 225 g/mol. The molecule has 0 unspecified atom stereocenters. The van der Waals surface area contributed by atoms with E-state index in [1.54, 1.807) is 6.07 Å². The molecule has 0 bridgehead atoms. The lowest BCUT2D eigenvalue weighted by atomic mass is 10.1. The molecule has 17 heavy (non-hydrogen) atoms. The average Bonchev–Trinajstić information content (AvgIpc) is 2.39. The van der Waals surface area contributed by atoms with Gasteiger partial charge in [0.1, 0.15) is 17.8 Å². The molecular formula is C12H7N3O2. The van der Waals surface area contributed by atoms with E-state index in [9.17, 15) is 10.1 Å². The van der Waals surface area contributed by atoms with E-state index < -0.39 is 4.92 Å². The number of nitro groups is 1. The van der Waals surface area contributed by atoms with Gasteiger partial charge in [-0.2, -0.15) is 5.26 Å². The Morgan fingerprint density at radius 1 is 1.29 bits per heavy atom. The van der Waals surface area contributed by atoms with Crippen LogP contribution in [0.4, 0.5) is 5.69 Å². The van der Waals surface area contributed by atoms with Crippen molar-refractivity contribution >= 4 is 5.69 Å². The highest BCUT2D eigenvalue weighted by molar-refractivity contribution is 5.63. The van der Waals surface area contributed by atoms with Crippen molar-refractivity contribution in [3.8, 4) is 17.3 Å². The molecule has 0 saturated heterocycles. The van der Waals surface area contributed by atoms with Gasteiger partial charge in [-0.05, 0) is 6.07 Å². The van der Waals surface area contributed by atoms with Gasteiger partial charge in [0.25, 0.3) is 0 Å². The zero-order valence-corrected chi connectivity index (χ0v) is 8.70. The number of hydrogen-bond acceptors (Lipinski definition) is 4. The molecular weight excluding hydrogens is 218 g/mol.